The van der Waals surface area contributed by atoms with E-state index in [-0.39, 0.29) is 17.0 Å². The third-order valence-electron chi connectivity index (χ3n) is 4.12. The Bertz CT molecular complexity index is 592. The van der Waals surface area contributed by atoms with E-state index in [0.717, 1.165) is 19.3 Å². The summed E-state index contributed by atoms with van der Waals surface area (Å²) in [4.78, 5) is 36.0. The molecule has 118 valence electrons. The summed E-state index contributed by atoms with van der Waals surface area (Å²) in [6, 6.07) is 6.01. The lowest BCUT2D eigenvalue weighted by atomic mass is 9.80. The van der Waals surface area contributed by atoms with Gasteiger partial charge in [0.2, 0.25) is 5.91 Å². The van der Waals surface area contributed by atoms with Gasteiger partial charge in [-0.3, -0.25) is 9.59 Å². The van der Waals surface area contributed by atoms with Gasteiger partial charge in [0.1, 0.15) is 5.54 Å². The molecular formula is C16H20N2O4. The molecule has 1 aromatic rings. The molecule has 0 atom stereocenters. The molecule has 1 aliphatic carbocycles. The standard InChI is InChI=1S/C16H20N2O4/c1-17-15(22)16(9-5-2-6-10-16)18-13(19)11-7-3-4-8-12(11)14(20)21/h3-4,7-8H,2,5-6,9-10H2,1H3,(H,17,22)(H,18,19)(H,20,21). The van der Waals surface area contributed by atoms with Crippen LogP contribution < -0.4 is 10.6 Å². The van der Waals surface area contributed by atoms with Crippen molar-refractivity contribution < 1.29 is 19.5 Å². The van der Waals surface area contributed by atoms with Gasteiger partial charge in [-0.05, 0) is 25.0 Å². The number of carbonyl (C=O) groups excluding carboxylic acids is 2. The molecule has 0 radical (unpaired) electrons. The number of hydrogen-bond donors (Lipinski definition) is 3. The highest BCUT2D eigenvalue weighted by atomic mass is 16.4. The van der Waals surface area contributed by atoms with Crippen LogP contribution in [0.5, 0.6) is 0 Å². The largest absolute Gasteiger partial charge is 0.478 e. The van der Waals surface area contributed by atoms with Gasteiger partial charge in [0.15, 0.2) is 0 Å². The molecule has 6 nitrogen and oxygen atoms in total. The van der Waals surface area contributed by atoms with E-state index in [4.69, 9.17) is 0 Å². The Balaban J connectivity index is 2.29. The maximum atomic E-state index is 12.5. The van der Waals surface area contributed by atoms with Gasteiger partial charge >= 0.3 is 5.97 Å². The Morgan fingerprint density at radius 3 is 2.18 bits per heavy atom. The summed E-state index contributed by atoms with van der Waals surface area (Å²) < 4.78 is 0. The van der Waals surface area contributed by atoms with Crippen molar-refractivity contribution in [3.63, 3.8) is 0 Å². The first kappa shape index (κ1) is 16.0. The van der Waals surface area contributed by atoms with E-state index < -0.39 is 17.4 Å². The monoisotopic (exact) mass is 304 g/mol. The number of nitrogens with one attached hydrogen (secondary N) is 2. The van der Waals surface area contributed by atoms with Crippen molar-refractivity contribution in [1.29, 1.82) is 0 Å². The van der Waals surface area contributed by atoms with E-state index in [9.17, 15) is 19.5 Å². The fourth-order valence-corrected chi connectivity index (χ4v) is 2.96. The predicted octanol–water partition coefficient (Wildman–Crippen LogP) is 1.56. The second-order valence-electron chi connectivity index (χ2n) is 5.53. The number of carboxylic acids is 1. The number of carbonyl (C=O) groups is 3. The molecule has 1 saturated carbocycles. The topological polar surface area (TPSA) is 95.5 Å². The van der Waals surface area contributed by atoms with Crippen molar-refractivity contribution in [2.45, 2.75) is 37.6 Å². The molecule has 0 saturated heterocycles. The van der Waals surface area contributed by atoms with Crippen molar-refractivity contribution in [3.8, 4) is 0 Å². The zero-order valence-corrected chi connectivity index (χ0v) is 12.5. The van der Waals surface area contributed by atoms with Gasteiger partial charge in [-0.15, -0.1) is 0 Å². The molecule has 22 heavy (non-hydrogen) atoms. The maximum Gasteiger partial charge on any atom is 0.336 e. The first-order chi connectivity index (χ1) is 10.5. The van der Waals surface area contributed by atoms with Crippen molar-refractivity contribution in [1.82, 2.24) is 10.6 Å². The molecule has 0 heterocycles. The lowest BCUT2D eigenvalue weighted by Crippen LogP contribution is -2.59. The molecule has 1 fully saturated rings. The van der Waals surface area contributed by atoms with Crippen LogP contribution in [-0.4, -0.2) is 35.5 Å². The Labute approximate surface area is 128 Å². The van der Waals surface area contributed by atoms with Gasteiger partial charge in [0.25, 0.3) is 5.91 Å². The lowest BCUT2D eigenvalue weighted by molar-refractivity contribution is -0.128. The van der Waals surface area contributed by atoms with Gasteiger partial charge in [-0.2, -0.15) is 0 Å². The van der Waals surface area contributed by atoms with Gasteiger partial charge < -0.3 is 15.7 Å². The number of benzene rings is 1. The summed E-state index contributed by atoms with van der Waals surface area (Å²) in [6.07, 6.45) is 3.87. The molecule has 1 aromatic carbocycles. The van der Waals surface area contributed by atoms with Crippen molar-refractivity contribution in [3.05, 3.63) is 35.4 Å². The molecular weight excluding hydrogens is 284 g/mol. The minimum absolute atomic E-state index is 0.0668. The lowest BCUT2D eigenvalue weighted by Gasteiger charge is -2.36. The SMILES string of the molecule is CNC(=O)C1(NC(=O)c2ccccc2C(=O)O)CCCCC1. The molecule has 2 rings (SSSR count). The van der Waals surface area contributed by atoms with E-state index in [0.29, 0.717) is 12.8 Å². The first-order valence-electron chi connectivity index (χ1n) is 7.37. The van der Waals surface area contributed by atoms with Crippen molar-refractivity contribution in [2.24, 2.45) is 0 Å². The van der Waals surface area contributed by atoms with Gasteiger partial charge in [0.05, 0.1) is 11.1 Å². The number of hydrogen-bond acceptors (Lipinski definition) is 3. The van der Waals surface area contributed by atoms with E-state index in [2.05, 4.69) is 10.6 Å². The van der Waals surface area contributed by atoms with Gasteiger partial charge in [-0.25, -0.2) is 4.79 Å². The average molecular weight is 304 g/mol. The minimum atomic E-state index is -1.16. The molecule has 3 N–H and O–H groups in total. The fourth-order valence-electron chi connectivity index (χ4n) is 2.96. The van der Waals surface area contributed by atoms with Crippen LogP contribution in [0.1, 0.15) is 52.8 Å². The molecule has 2 amide bonds. The van der Waals surface area contributed by atoms with Gasteiger partial charge in [-0.1, -0.05) is 31.4 Å². The summed E-state index contributed by atoms with van der Waals surface area (Å²) in [5, 5.41) is 14.6. The summed E-state index contributed by atoms with van der Waals surface area (Å²) in [7, 11) is 1.54. The number of rotatable bonds is 4. The van der Waals surface area contributed by atoms with Crippen LogP contribution in [0.25, 0.3) is 0 Å². The van der Waals surface area contributed by atoms with Crippen LogP contribution in [0.2, 0.25) is 0 Å². The second-order valence-corrected chi connectivity index (χ2v) is 5.53. The Morgan fingerprint density at radius 1 is 1.05 bits per heavy atom. The van der Waals surface area contributed by atoms with Crippen LogP contribution in [0, 0.1) is 0 Å². The maximum absolute atomic E-state index is 12.5. The van der Waals surface area contributed by atoms with Crippen LogP contribution in [0.15, 0.2) is 24.3 Å². The Hall–Kier alpha value is -2.37. The molecule has 0 spiro atoms. The molecule has 0 bridgehead atoms. The van der Waals surface area contributed by atoms with Gasteiger partial charge in [0, 0.05) is 7.05 Å². The van der Waals surface area contributed by atoms with E-state index in [1.165, 1.54) is 19.2 Å². The van der Waals surface area contributed by atoms with E-state index >= 15 is 0 Å². The second kappa shape index (κ2) is 6.60. The van der Waals surface area contributed by atoms with E-state index in [1.807, 2.05) is 0 Å². The Kier molecular flexibility index (Phi) is 4.80. The third-order valence-corrected chi connectivity index (χ3v) is 4.12. The molecule has 0 unspecified atom stereocenters. The predicted molar refractivity (Wildman–Crippen MR) is 80.8 cm³/mol. The number of amides is 2. The molecule has 0 aliphatic heterocycles. The zero-order valence-electron chi connectivity index (χ0n) is 12.5. The average Bonchev–Trinajstić information content (AvgIpc) is 2.54. The highest BCUT2D eigenvalue weighted by Crippen LogP contribution is 2.29. The normalized spacial score (nSPS) is 16.6. The van der Waals surface area contributed by atoms with E-state index in [1.54, 1.807) is 12.1 Å². The van der Waals surface area contributed by atoms with Crippen LogP contribution >= 0.6 is 0 Å². The Morgan fingerprint density at radius 2 is 1.64 bits per heavy atom. The van der Waals surface area contributed by atoms with Crippen LogP contribution in [0.4, 0.5) is 0 Å². The summed E-state index contributed by atoms with van der Waals surface area (Å²) >= 11 is 0. The fraction of sp³-hybridized carbons (Fsp3) is 0.438. The van der Waals surface area contributed by atoms with Crippen LogP contribution in [-0.2, 0) is 4.79 Å². The zero-order chi connectivity index (χ0) is 16.2. The summed E-state index contributed by atoms with van der Waals surface area (Å²) in [6.45, 7) is 0. The number of carboxylic acid groups (broad SMARTS) is 1. The summed E-state index contributed by atoms with van der Waals surface area (Å²) in [5.74, 6) is -1.92. The molecule has 0 aromatic heterocycles. The highest BCUT2D eigenvalue weighted by Gasteiger charge is 2.40. The van der Waals surface area contributed by atoms with Crippen molar-refractivity contribution in [2.75, 3.05) is 7.05 Å². The van der Waals surface area contributed by atoms with Crippen molar-refractivity contribution >= 4 is 17.8 Å². The third kappa shape index (κ3) is 3.10. The number of aromatic carboxylic acids is 1. The molecule has 1 aliphatic rings. The number of likely N-dealkylation sites (N-methyl/N-ethyl adjacent to an activating group) is 1. The highest BCUT2D eigenvalue weighted by molar-refractivity contribution is 6.06. The minimum Gasteiger partial charge on any atom is -0.478 e. The first-order valence-corrected chi connectivity index (χ1v) is 7.37. The smallest absolute Gasteiger partial charge is 0.336 e. The quantitative estimate of drug-likeness (QED) is 0.786. The molecule has 6 heteroatoms. The van der Waals surface area contributed by atoms with Crippen LogP contribution in [0.3, 0.4) is 0 Å². The summed E-state index contributed by atoms with van der Waals surface area (Å²) in [5.41, 5.74) is -0.942.